The zero-order valence-corrected chi connectivity index (χ0v) is 14.8. The van der Waals surface area contributed by atoms with Gasteiger partial charge in [0, 0.05) is 19.3 Å². The molecule has 1 aliphatic heterocycles. The number of amides is 2. The highest BCUT2D eigenvalue weighted by atomic mass is 35.5. The normalized spacial score (nSPS) is 17.1. The molecule has 1 heterocycles. The molecule has 2 N–H and O–H groups in total. The third-order valence-electron chi connectivity index (χ3n) is 3.18. The number of hydrogen-bond acceptors (Lipinski definition) is 4. The van der Waals surface area contributed by atoms with Crippen molar-refractivity contribution >= 4 is 53.1 Å². The Bertz CT molecular complexity index is 565. The fraction of sp³-hybridized carbons (Fsp3) is 0.429. The summed E-state index contributed by atoms with van der Waals surface area (Å²) in [7, 11) is 1.58. The number of nitrogens with one attached hydrogen (secondary N) is 2. The lowest BCUT2D eigenvalue weighted by Crippen LogP contribution is -2.52. The van der Waals surface area contributed by atoms with Crippen molar-refractivity contribution in [1.29, 1.82) is 0 Å². The highest BCUT2D eigenvalue weighted by Gasteiger charge is 2.25. The summed E-state index contributed by atoms with van der Waals surface area (Å²) >= 11 is 11.7. The van der Waals surface area contributed by atoms with Gasteiger partial charge >= 0.3 is 0 Å². The zero-order chi connectivity index (χ0) is 16.1. The molecule has 1 unspecified atom stereocenters. The van der Waals surface area contributed by atoms with Crippen molar-refractivity contribution in [2.24, 2.45) is 0 Å². The summed E-state index contributed by atoms with van der Waals surface area (Å²) in [6, 6.07) is 4.39. The van der Waals surface area contributed by atoms with Crippen LogP contribution < -0.4 is 10.6 Å². The first-order valence-corrected chi connectivity index (χ1v) is 7.54. The fourth-order valence-electron chi connectivity index (χ4n) is 2.06. The molecule has 0 aromatic heterocycles. The molecule has 0 spiro atoms. The number of carbonyl (C=O) groups excluding carboxylic acids is 2. The topological polar surface area (TPSA) is 70.7 Å². The van der Waals surface area contributed by atoms with E-state index in [9.17, 15) is 9.59 Å². The smallest absolute Gasteiger partial charge is 0.243 e. The maximum Gasteiger partial charge on any atom is 0.243 e. The molecule has 6 nitrogen and oxygen atoms in total. The molecule has 1 aromatic rings. The van der Waals surface area contributed by atoms with E-state index in [-0.39, 0.29) is 30.8 Å². The number of carbonyl (C=O) groups is 2. The minimum atomic E-state index is -0.406. The Hall–Kier alpha value is -1.05. The molecule has 1 aliphatic rings. The van der Waals surface area contributed by atoms with E-state index < -0.39 is 6.04 Å². The summed E-state index contributed by atoms with van der Waals surface area (Å²) in [5.74, 6) is -0.491. The highest BCUT2D eigenvalue weighted by Crippen LogP contribution is 2.24. The van der Waals surface area contributed by atoms with Crippen LogP contribution in [-0.4, -0.2) is 56.1 Å². The molecule has 0 aliphatic carbocycles. The average Bonchev–Trinajstić information content (AvgIpc) is 2.51. The molecule has 1 saturated heterocycles. The van der Waals surface area contributed by atoms with E-state index in [0.717, 1.165) is 0 Å². The van der Waals surface area contributed by atoms with Gasteiger partial charge in [-0.2, -0.15) is 0 Å². The quantitative estimate of drug-likeness (QED) is 0.833. The molecule has 0 radical (unpaired) electrons. The molecular formula is C14H18Cl3N3O3. The monoisotopic (exact) mass is 381 g/mol. The van der Waals surface area contributed by atoms with Crippen molar-refractivity contribution in [2.45, 2.75) is 6.04 Å². The Morgan fingerprint density at radius 3 is 2.74 bits per heavy atom. The average molecular weight is 383 g/mol. The number of morpholine rings is 1. The van der Waals surface area contributed by atoms with Crippen LogP contribution in [0.1, 0.15) is 0 Å². The number of likely N-dealkylation sites (N-methyl/N-ethyl adjacent to an activating group) is 1. The summed E-state index contributed by atoms with van der Waals surface area (Å²) in [5, 5.41) is 6.49. The van der Waals surface area contributed by atoms with Crippen molar-refractivity contribution in [3.63, 3.8) is 0 Å². The molecule has 23 heavy (non-hydrogen) atoms. The van der Waals surface area contributed by atoms with E-state index in [2.05, 4.69) is 10.6 Å². The van der Waals surface area contributed by atoms with Crippen LogP contribution in [0, 0.1) is 0 Å². The minimum Gasteiger partial charge on any atom is -0.378 e. The predicted octanol–water partition coefficient (Wildman–Crippen LogP) is 1.80. The van der Waals surface area contributed by atoms with E-state index >= 15 is 0 Å². The lowest BCUT2D eigenvalue weighted by molar-refractivity contribution is -0.137. The number of anilines is 1. The van der Waals surface area contributed by atoms with Crippen molar-refractivity contribution in [3.8, 4) is 0 Å². The van der Waals surface area contributed by atoms with Crippen LogP contribution in [0.25, 0.3) is 0 Å². The molecule has 0 bridgehead atoms. The van der Waals surface area contributed by atoms with Crippen LogP contribution in [0.4, 0.5) is 5.69 Å². The first kappa shape index (κ1) is 20.0. The summed E-state index contributed by atoms with van der Waals surface area (Å²) in [4.78, 5) is 25.5. The molecule has 1 atom stereocenters. The fourth-order valence-corrected chi connectivity index (χ4v) is 2.36. The van der Waals surface area contributed by atoms with Gasteiger partial charge in [0.2, 0.25) is 11.8 Å². The largest absolute Gasteiger partial charge is 0.378 e. The van der Waals surface area contributed by atoms with Crippen LogP contribution in [0.2, 0.25) is 10.0 Å². The van der Waals surface area contributed by atoms with Gasteiger partial charge in [0.25, 0.3) is 0 Å². The lowest BCUT2D eigenvalue weighted by atomic mass is 10.2. The van der Waals surface area contributed by atoms with E-state index in [1.165, 1.54) is 4.90 Å². The van der Waals surface area contributed by atoms with Crippen molar-refractivity contribution in [3.05, 3.63) is 28.2 Å². The van der Waals surface area contributed by atoms with Gasteiger partial charge in [-0.05, 0) is 18.2 Å². The van der Waals surface area contributed by atoms with Crippen LogP contribution in [0.15, 0.2) is 18.2 Å². The maximum atomic E-state index is 12.1. The van der Waals surface area contributed by atoms with Gasteiger partial charge in [0.05, 0.1) is 29.8 Å². The van der Waals surface area contributed by atoms with E-state index in [1.54, 1.807) is 25.2 Å². The Labute approximate surface area is 150 Å². The Balaban J connectivity index is 0.00000264. The standard InChI is InChI=1S/C14H17Cl2N3O3.ClH/c1-19(14(21)12-8-22-5-4-17-12)7-13(20)18-9-2-3-10(15)11(16)6-9;/h2-3,6,12,17H,4-5,7-8H2,1H3,(H,18,20);1H. The summed E-state index contributed by atoms with van der Waals surface area (Å²) in [6.45, 7) is 1.47. The molecule has 128 valence electrons. The summed E-state index contributed by atoms with van der Waals surface area (Å²) < 4.78 is 5.24. The Kier molecular flexibility index (Phi) is 8.08. The molecule has 1 fully saturated rings. The lowest BCUT2D eigenvalue weighted by Gasteiger charge is -2.27. The summed E-state index contributed by atoms with van der Waals surface area (Å²) in [5.41, 5.74) is 0.527. The van der Waals surface area contributed by atoms with Crippen molar-refractivity contribution in [2.75, 3.05) is 38.7 Å². The highest BCUT2D eigenvalue weighted by molar-refractivity contribution is 6.42. The van der Waals surface area contributed by atoms with Gasteiger partial charge in [0.1, 0.15) is 6.04 Å². The van der Waals surface area contributed by atoms with Gasteiger partial charge in [0.15, 0.2) is 0 Å². The number of halogens is 3. The molecular weight excluding hydrogens is 365 g/mol. The zero-order valence-electron chi connectivity index (χ0n) is 12.5. The molecule has 0 saturated carbocycles. The van der Waals surface area contributed by atoms with Gasteiger partial charge in [-0.25, -0.2) is 0 Å². The van der Waals surface area contributed by atoms with Crippen LogP contribution in [0.5, 0.6) is 0 Å². The Morgan fingerprint density at radius 1 is 1.39 bits per heavy atom. The van der Waals surface area contributed by atoms with Gasteiger partial charge < -0.3 is 20.3 Å². The maximum absolute atomic E-state index is 12.1. The minimum absolute atomic E-state index is 0. The number of benzene rings is 1. The molecule has 1 aromatic carbocycles. The van der Waals surface area contributed by atoms with Gasteiger partial charge in [-0.1, -0.05) is 23.2 Å². The number of rotatable bonds is 4. The first-order valence-electron chi connectivity index (χ1n) is 6.78. The number of nitrogens with zero attached hydrogens (tertiary/aromatic N) is 1. The van der Waals surface area contributed by atoms with E-state index in [4.69, 9.17) is 27.9 Å². The predicted molar refractivity (Wildman–Crippen MR) is 92.6 cm³/mol. The van der Waals surface area contributed by atoms with Crippen LogP contribution in [-0.2, 0) is 14.3 Å². The van der Waals surface area contributed by atoms with Gasteiger partial charge in [-0.3, -0.25) is 9.59 Å². The summed E-state index contributed by atoms with van der Waals surface area (Å²) in [6.07, 6.45) is 0. The molecule has 2 rings (SSSR count). The number of hydrogen-bond donors (Lipinski definition) is 2. The Morgan fingerprint density at radius 2 is 2.13 bits per heavy atom. The number of ether oxygens (including phenoxy) is 1. The van der Waals surface area contributed by atoms with E-state index in [1.807, 2.05) is 0 Å². The molecule has 2 amide bonds. The van der Waals surface area contributed by atoms with Gasteiger partial charge in [-0.15, -0.1) is 12.4 Å². The second-order valence-corrected chi connectivity index (χ2v) is 5.77. The van der Waals surface area contributed by atoms with Crippen molar-refractivity contribution < 1.29 is 14.3 Å². The van der Waals surface area contributed by atoms with E-state index in [0.29, 0.717) is 35.5 Å². The SMILES string of the molecule is CN(CC(=O)Nc1ccc(Cl)c(Cl)c1)C(=O)C1COCCN1.Cl. The third-order valence-corrected chi connectivity index (χ3v) is 3.92. The second kappa shape index (κ2) is 9.30. The first-order chi connectivity index (χ1) is 10.5. The van der Waals surface area contributed by atoms with Crippen molar-refractivity contribution in [1.82, 2.24) is 10.2 Å². The molecule has 9 heteroatoms. The van der Waals surface area contributed by atoms with Crippen LogP contribution in [0.3, 0.4) is 0 Å². The second-order valence-electron chi connectivity index (χ2n) is 4.95. The van der Waals surface area contributed by atoms with Crippen LogP contribution >= 0.6 is 35.6 Å². The third kappa shape index (κ3) is 5.82.